The van der Waals surface area contributed by atoms with E-state index in [0.717, 1.165) is 16.7 Å². The summed E-state index contributed by atoms with van der Waals surface area (Å²) in [6.07, 6.45) is 0. The molecule has 0 aliphatic carbocycles. The Morgan fingerprint density at radius 3 is 2.71 bits per heavy atom. The number of rotatable bonds is 4. The molecule has 0 fully saturated rings. The number of para-hydroxylation sites is 1. The van der Waals surface area contributed by atoms with E-state index in [-0.39, 0.29) is 18.0 Å². The maximum Gasteiger partial charge on any atom is 0.257 e. The molecule has 2 heterocycles. The number of hydrogen-bond donors (Lipinski definition) is 2. The lowest BCUT2D eigenvalue weighted by molar-refractivity contribution is 0.0951. The van der Waals surface area contributed by atoms with E-state index in [9.17, 15) is 9.59 Å². The van der Waals surface area contributed by atoms with E-state index < -0.39 is 0 Å². The second kappa shape index (κ2) is 7.11. The molecule has 7 heteroatoms. The van der Waals surface area contributed by atoms with Gasteiger partial charge in [-0.1, -0.05) is 41.1 Å². The lowest BCUT2D eigenvalue weighted by atomic mass is 10.1. The minimum Gasteiger partial charge on any atom is -0.345 e. The van der Waals surface area contributed by atoms with Crippen LogP contribution in [-0.4, -0.2) is 21.0 Å². The number of fused-ring (bicyclic) bond motifs is 1. The number of amides is 1. The molecule has 0 saturated carbocycles. The van der Waals surface area contributed by atoms with Crippen LogP contribution in [0.5, 0.6) is 0 Å². The summed E-state index contributed by atoms with van der Waals surface area (Å²) in [5.41, 5.74) is 3.48. The molecule has 0 unspecified atom stereocenters. The third-order valence-electron chi connectivity index (χ3n) is 4.50. The number of hydrogen-bond acceptors (Lipinski definition) is 5. The number of aromatic nitrogens is 3. The van der Waals surface area contributed by atoms with E-state index in [1.54, 1.807) is 6.07 Å². The highest BCUT2D eigenvalue weighted by molar-refractivity contribution is 6.06. The Bertz CT molecular complexity index is 1220. The number of carbonyl (C=O) groups is 1. The summed E-state index contributed by atoms with van der Waals surface area (Å²) in [5.74, 6) is 0.374. The molecule has 1 amide bonds. The van der Waals surface area contributed by atoms with Crippen molar-refractivity contribution >= 4 is 16.8 Å². The summed E-state index contributed by atoms with van der Waals surface area (Å²) >= 11 is 0. The van der Waals surface area contributed by atoms with Gasteiger partial charge in [0.1, 0.15) is 0 Å². The number of nitrogens with zero attached hydrogens (tertiary/aromatic N) is 2. The second-order valence-corrected chi connectivity index (χ2v) is 6.61. The Labute approximate surface area is 160 Å². The molecule has 0 radical (unpaired) electrons. The lowest BCUT2D eigenvalue weighted by Gasteiger charge is -2.08. The van der Waals surface area contributed by atoms with Gasteiger partial charge in [-0.15, -0.1) is 0 Å². The number of benzene rings is 2. The average molecular weight is 374 g/mol. The van der Waals surface area contributed by atoms with Gasteiger partial charge >= 0.3 is 0 Å². The van der Waals surface area contributed by atoms with Crippen LogP contribution in [0.25, 0.3) is 22.4 Å². The fourth-order valence-corrected chi connectivity index (χ4v) is 3.01. The molecule has 7 nitrogen and oxygen atoms in total. The molecule has 2 aromatic carbocycles. The van der Waals surface area contributed by atoms with E-state index in [1.807, 2.05) is 50.2 Å². The molecular formula is C21H18N4O3. The van der Waals surface area contributed by atoms with Crippen LogP contribution in [-0.2, 0) is 6.54 Å². The van der Waals surface area contributed by atoms with Gasteiger partial charge in [0.25, 0.3) is 11.8 Å². The molecule has 4 rings (SSSR count). The number of H-pyrrole nitrogens is 1. The van der Waals surface area contributed by atoms with Crippen molar-refractivity contribution in [2.24, 2.45) is 0 Å². The van der Waals surface area contributed by atoms with Crippen LogP contribution in [0.1, 0.15) is 27.3 Å². The van der Waals surface area contributed by atoms with E-state index in [0.29, 0.717) is 28.2 Å². The molecule has 0 aliphatic heterocycles. The highest BCUT2D eigenvalue weighted by Crippen LogP contribution is 2.19. The van der Waals surface area contributed by atoms with Gasteiger partial charge in [-0.25, -0.2) is 0 Å². The van der Waals surface area contributed by atoms with Crippen LogP contribution in [0.15, 0.2) is 57.8 Å². The van der Waals surface area contributed by atoms with Crippen molar-refractivity contribution in [3.8, 4) is 11.5 Å². The highest BCUT2D eigenvalue weighted by Gasteiger charge is 2.14. The Kier molecular flexibility index (Phi) is 4.49. The van der Waals surface area contributed by atoms with Crippen molar-refractivity contribution < 1.29 is 9.32 Å². The lowest BCUT2D eigenvalue weighted by Crippen LogP contribution is -2.25. The largest absolute Gasteiger partial charge is 0.345 e. The first-order chi connectivity index (χ1) is 13.5. The number of nitrogens with one attached hydrogen (secondary N) is 2. The Hall–Kier alpha value is -3.74. The molecule has 2 aromatic heterocycles. The zero-order valence-electron chi connectivity index (χ0n) is 15.4. The van der Waals surface area contributed by atoms with Crippen LogP contribution < -0.4 is 10.9 Å². The van der Waals surface area contributed by atoms with E-state index in [2.05, 4.69) is 20.4 Å². The zero-order chi connectivity index (χ0) is 19.7. The quantitative estimate of drug-likeness (QED) is 0.571. The minimum absolute atomic E-state index is 0.0916. The molecule has 140 valence electrons. The molecule has 0 saturated heterocycles. The molecule has 0 aliphatic rings. The second-order valence-electron chi connectivity index (χ2n) is 6.61. The number of carbonyl (C=O) groups excluding carboxylic acids is 1. The summed E-state index contributed by atoms with van der Waals surface area (Å²) in [4.78, 5) is 31.7. The molecule has 2 N–H and O–H groups in total. The van der Waals surface area contributed by atoms with Crippen LogP contribution in [0.3, 0.4) is 0 Å². The van der Waals surface area contributed by atoms with E-state index in [1.165, 1.54) is 6.07 Å². The number of aryl methyl sites for hydroxylation is 2. The van der Waals surface area contributed by atoms with Crippen molar-refractivity contribution in [1.82, 2.24) is 20.4 Å². The van der Waals surface area contributed by atoms with Crippen LogP contribution in [0, 0.1) is 13.8 Å². The van der Waals surface area contributed by atoms with Gasteiger partial charge in [-0.3, -0.25) is 9.59 Å². The molecule has 0 atom stereocenters. The number of aromatic amines is 1. The SMILES string of the molecule is Cc1ccc(-c2nc(CNC(=O)c3cc(=O)[nH]c4c(C)cccc34)no2)cc1. The van der Waals surface area contributed by atoms with Crippen molar-refractivity contribution in [2.45, 2.75) is 20.4 Å². The van der Waals surface area contributed by atoms with E-state index in [4.69, 9.17) is 4.52 Å². The first kappa shape index (κ1) is 17.7. The van der Waals surface area contributed by atoms with Gasteiger partial charge in [-0.2, -0.15) is 4.98 Å². The molecular weight excluding hydrogens is 356 g/mol. The Morgan fingerprint density at radius 2 is 1.93 bits per heavy atom. The number of pyridine rings is 1. The van der Waals surface area contributed by atoms with Crippen molar-refractivity contribution in [3.05, 3.63) is 81.4 Å². The molecule has 0 bridgehead atoms. The van der Waals surface area contributed by atoms with Gasteiger partial charge < -0.3 is 14.8 Å². The molecule has 28 heavy (non-hydrogen) atoms. The third kappa shape index (κ3) is 3.42. The predicted octanol–water partition coefficient (Wildman–Crippen LogP) is 3.12. The Morgan fingerprint density at radius 1 is 1.14 bits per heavy atom. The van der Waals surface area contributed by atoms with E-state index >= 15 is 0 Å². The predicted molar refractivity (Wildman–Crippen MR) is 105 cm³/mol. The van der Waals surface area contributed by atoms with Gasteiger partial charge in [0, 0.05) is 17.0 Å². The van der Waals surface area contributed by atoms with Crippen molar-refractivity contribution in [2.75, 3.05) is 0 Å². The summed E-state index contributed by atoms with van der Waals surface area (Å²) in [5, 5.41) is 7.34. The van der Waals surface area contributed by atoms with Gasteiger partial charge in [0.05, 0.1) is 17.6 Å². The van der Waals surface area contributed by atoms with Gasteiger partial charge in [0.15, 0.2) is 5.82 Å². The summed E-state index contributed by atoms with van der Waals surface area (Å²) < 4.78 is 5.27. The maximum atomic E-state index is 12.7. The first-order valence-electron chi connectivity index (χ1n) is 8.82. The zero-order valence-corrected chi connectivity index (χ0v) is 15.4. The van der Waals surface area contributed by atoms with Crippen LogP contribution >= 0.6 is 0 Å². The van der Waals surface area contributed by atoms with Crippen molar-refractivity contribution in [1.29, 1.82) is 0 Å². The van der Waals surface area contributed by atoms with Crippen LogP contribution in [0.4, 0.5) is 0 Å². The summed E-state index contributed by atoms with van der Waals surface area (Å²) in [6.45, 7) is 3.97. The fraction of sp³-hybridized carbons (Fsp3) is 0.143. The highest BCUT2D eigenvalue weighted by atomic mass is 16.5. The monoisotopic (exact) mass is 374 g/mol. The maximum absolute atomic E-state index is 12.7. The average Bonchev–Trinajstić information content (AvgIpc) is 3.16. The third-order valence-corrected chi connectivity index (χ3v) is 4.50. The minimum atomic E-state index is -0.372. The first-order valence-corrected chi connectivity index (χ1v) is 8.82. The topological polar surface area (TPSA) is 101 Å². The van der Waals surface area contributed by atoms with Crippen molar-refractivity contribution in [3.63, 3.8) is 0 Å². The summed E-state index contributed by atoms with van der Waals surface area (Å²) in [6, 6.07) is 14.5. The molecule has 4 aromatic rings. The molecule has 0 spiro atoms. The summed E-state index contributed by atoms with van der Waals surface area (Å²) in [7, 11) is 0. The van der Waals surface area contributed by atoms with Gasteiger partial charge in [0.2, 0.25) is 5.56 Å². The Balaban J connectivity index is 1.54. The van der Waals surface area contributed by atoms with Gasteiger partial charge in [-0.05, 0) is 31.5 Å². The standard InChI is InChI=1S/C21H18N4O3/c1-12-6-8-14(9-7-12)21-23-17(25-28-21)11-22-20(27)16-10-18(26)24-19-13(2)4-3-5-15(16)19/h3-10H,11H2,1-2H3,(H,22,27)(H,24,26). The fourth-order valence-electron chi connectivity index (χ4n) is 3.01. The normalized spacial score (nSPS) is 10.9. The smallest absolute Gasteiger partial charge is 0.257 e. The van der Waals surface area contributed by atoms with Crippen LogP contribution in [0.2, 0.25) is 0 Å².